The van der Waals surface area contributed by atoms with Crippen molar-refractivity contribution in [2.75, 3.05) is 0 Å². The lowest BCUT2D eigenvalue weighted by atomic mass is 9.48. The molecule has 2 heteroatoms. The van der Waals surface area contributed by atoms with Gasteiger partial charge in [-0.2, -0.15) is 0 Å². The standard InChI is InChI=1S/C12H18BF/c1-4-12(5-2,13-3)10-6-8-11(14)9-7-10/h6-9,13H,4-5H2,1-3H3. The molecule has 0 radical (unpaired) electrons. The SMILES string of the molecule is CBC(CC)(CC)c1ccc(F)cc1. The third-order valence-electron chi connectivity index (χ3n) is 3.49. The molecule has 0 aliphatic rings. The van der Waals surface area contributed by atoms with Crippen molar-refractivity contribution in [3.05, 3.63) is 35.6 Å². The van der Waals surface area contributed by atoms with Crippen LogP contribution in [0.3, 0.4) is 0 Å². The number of rotatable bonds is 4. The summed E-state index contributed by atoms with van der Waals surface area (Å²) in [5, 5.41) is 0.244. The van der Waals surface area contributed by atoms with E-state index in [1.807, 2.05) is 12.1 Å². The van der Waals surface area contributed by atoms with Gasteiger partial charge in [0.25, 0.3) is 0 Å². The first-order valence-electron chi connectivity index (χ1n) is 5.44. The second-order valence-corrected chi connectivity index (χ2v) is 3.85. The van der Waals surface area contributed by atoms with Gasteiger partial charge in [0.15, 0.2) is 0 Å². The number of halogens is 1. The van der Waals surface area contributed by atoms with Crippen LogP contribution in [0.1, 0.15) is 32.3 Å². The Balaban J connectivity index is 3.05. The summed E-state index contributed by atoms with van der Waals surface area (Å²) in [6.07, 6.45) is 2.23. The first-order chi connectivity index (χ1) is 6.68. The zero-order valence-electron chi connectivity index (χ0n) is 9.31. The second kappa shape index (κ2) is 4.63. The van der Waals surface area contributed by atoms with Crippen LogP contribution in [0.25, 0.3) is 0 Å². The van der Waals surface area contributed by atoms with Crippen LogP contribution in [0.4, 0.5) is 4.39 Å². The lowest BCUT2D eigenvalue weighted by Gasteiger charge is -2.30. The molecule has 0 saturated heterocycles. The van der Waals surface area contributed by atoms with Gasteiger partial charge in [-0.25, -0.2) is 4.39 Å². The lowest BCUT2D eigenvalue weighted by Crippen LogP contribution is -2.30. The van der Waals surface area contributed by atoms with Gasteiger partial charge in [-0.3, -0.25) is 0 Å². The Labute approximate surface area is 86.8 Å². The van der Waals surface area contributed by atoms with E-state index in [2.05, 4.69) is 20.7 Å². The van der Waals surface area contributed by atoms with Crippen molar-refractivity contribution in [3.63, 3.8) is 0 Å². The van der Waals surface area contributed by atoms with E-state index in [1.165, 1.54) is 5.56 Å². The summed E-state index contributed by atoms with van der Waals surface area (Å²) >= 11 is 0. The maximum atomic E-state index is 12.8. The van der Waals surface area contributed by atoms with Gasteiger partial charge >= 0.3 is 0 Å². The Hall–Kier alpha value is -0.785. The molecule has 14 heavy (non-hydrogen) atoms. The van der Waals surface area contributed by atoms with Crippen LogP contribution < -0.4 is 0 Å². The molecule has 0 aliphatic heterocycles. The average molecular weight is 192 g/mol. The molecule has 0 aliphatic carbocycles. The third-order valence-corrected chi connectivity index (χ3v) is 3.49. The van der Waals surface area contributed by atoms with E-state index in [9.17, 15) is 4.39 Å². The van der Waals surface area contributed by atoms with Gasteiger partial charge in [-0.15, -0.1) is 0 Å². The highest BCUT2D eigenvalue weighted by Crippen LogP contribution is 2.30. The molecule has 0 saturated carbocycles. The van der Waals surface area contributed by atoms with E-state index in [1.54, 1.807) is 12.1 Å². The topological polar surface area (TPSA) is 0 Å². The Bertz CT molecular complexity index is 267. The van der Waals surface area contributed by atoms with Crippen LogP contribution in [0.5, 0.6) is 0 Å². The van der Waals surface area contributed by atoms with Gasteiger partial charge in [0.2, 0.25) is 0 Å². The molecular formula is C12H18BF. The summed E-state index contributed by atoms with van der Waals surface area (Å²) in [6, 6.07) is 6.97. The van der Waals surface area contributed by atoms with Gasteiger partial charge in [-0.1, -0.05) is 45.6 Å². The molecule has 0 nitrogen and oxygen atoms in total. The van der Waals surface area contributed by atoms with Crippen molar-refractivity contribution >= 4 is 7.28 Å². The summed E-state index contributed by atoms with van der Waals surface area (Å²) in [7, 11) is 1.12. The number of hydrogen-bond acceptors (Lipinski definition) is 0. The van der Waals surface area contributed by atoms with Gasteiger partial charge in [0, 0.05) is 0 Å². The van der Waals surface area contributed by atoms with Crippen molar-refractivity contribution in [3.8, 4) is 0 Å². The first kappa shape index (κ1) is 11.3. The Morgan fingerprint density at radius 3 is 2.00 bits per heavy atom. The predicted octanol–water partition coefficient (Wildman–Crippen LogP) is 3.33. The van der Waals surface area contributed by atoms with E-state index in [-0.39, 0.29) is 11.1 Å². The molecular weight excluding hydrogens is 174 g/mol. The Morgan fingerprint density at radius 1 is 1.14 bits per heavy atom. The fraction of sp³-hybridized carbons (Fsp3) is 0.500. The fourth-order valence-corrected chi connectivity index (χ4v) is 2.17. The van der Waals surface area contributed by atoms with Crippen LogP contribution in [0.2, 0.25) is 6.82 Å². The molecule has 0 fully saturated rings. The molecule has 1 aromatic rings. The highest BCUT2D eigenvalue weighted by Gasteiger charge is 2.26. The van der Waals surface area contributed by atoms with Crippen molar-refractivity contribution in [1.29, 1.82) is 0 Å². The van der Waals surface area contributed by atoms with E-state index in [0.717, 1.165) is 20.1 Å². The molecule has 0 bridgehead atoms. The summed E-state index contributed by atoms with van der Waals surface area (Å²) in [5.41, 5.74) is 1.27. The van der Waals surface area contributed by atoms with Gasteiger partial charge in [-0.05, 0) is 23.0 Å². The minimum Gasteiger partial charge on any atom is -0.207 e. The summed E-state index contributed by atoms with van der Waals surface area (Å²) < 4.78 is 12.8. The van der Waals surface area contributed by atoms with Crippen molar-refractivity contribution in [2.24, 2.45) is 0 Å². The van der Waals surface area contributed by atoms with Crippen LogP contribution in [-0.2, 0) is 5.31 Å². The molecule has 0 amide bonds. The second-order valence-electron chi connectivity index (χ2n) is 3.85. The largest absolute Gasteiger partial charge is 0.207 e. The number of benzene rings is 1. The van der Waals surface area contributed by atoms with Crippen LogP contribution in [0, 0.1) is 5.82 Å². The molecule has 76 valence electrons. The van der Waals surface area contributed by atoms with Crippen LogP contribution in [0.15, 0.2) is 24.3 Å². The average Bonchev–Trinajstić information content (AvgIpc) is 2.24. The van der Waals surface area contributed by atoms with Crippen LogP contribution >= 0.6 is 0 Å². The van der Waals surface area contributed by atoms with Gasteiger partial charge in [0.05, 0.1) is 0 Å². The normalized spacial score (nSPS) is 11.4. The maximum absolute atomic E-state index is 12.8. The highest BCUT2D eigenvalue weighted by atomic mass is 19.1. The van der Waals surface area contributed by atoms with E-state index < -0.39 is 0 Å². The van der Waals surface area contributed by atoms with Gasteiger partial charge < -0.3 is 0 Å². The minimum atomic E-state index is -0.147. The zero-order chi connectivity index (χ0) is 10.6. The molecule has 1 rings (SSSR count). The quantitative estimate of drug-likeness (QED) is 0.642. The Morgan fingerprint density at radius 2 is 1.64 bits per heavy atom. The molecule has 0 N–H and O–H groups in total. The third kappa shape index (κ3) is 2.00. The fourth-order valence-electron chi connectivity index (χ4n) is 2.17. The molecule has 0 atom stereocenters. The van der Waals surface area contributed by atoms with E-state index >= 15 is 0 Å². The molecule has 0 heterocycles. The highest BCUT2D eigenvalue weighted by molar-refractivity contribution is 6.38. The smallest absolute Gasteiger partial charge is 0.130 e. The minimum absolute atomic E-state index is 0.147. The summed E-state index contributed by atoms with van der Waals surface area (Å²) in [5.74, 6) is -0.147. The van der Waals surface area contributed by atoms with Crippen molar-refractivity contribution in [1.82, 2.24) is 0 Å². The van der Waals surface area contributed by atoms with Crippen molar-refractivity contribution < 1.29 is 4.39 Å². The zero-order valence-corrected chi connectivity index (χ0v) is 9.31. The van der Waals surface area contributed by atoms with E-state index in [4.69, 9.17) is 0 Å². The van der Waals surface area contributed by atoms with Crippen molar-refractivity contribution in [2.45, 2.75) is 38.8 Å². The maximum Gasteiger partial charge on any atom is 0.130 e. The van der Waals surface area contributed by atoms with Crippen LogP contribution in [-0.4, -0.2) is 7.28 Å². The summed E-state index contributed by atoms with van der Waals surface area (Å²) in [4.78, 5) is 0. The summed E-state index contributed by atoms with van der Waals surface area (Å²) in [6.45, 7) is 6.61. The number of hydrogen-bond donors (Lipinski definition) is 0. The first-order valence-corrected chi connectivity index (χ1v) is 5.44. The predicted molar refractivity (Wildman–Crippen MR) is 61.7 cm³/mol. The van der Waals surface area contributed by atoms with E-state index in [0.29, 0.717) is 0 Å². The lowest BCUT2D eigenvalue weighted by molar-refractivity contribution is 0.554. The van der Waals surface area contributed by atoms with Gasteiger partial charge in [0.1, 0.15) is 13.1 Å². The molecule has 1 aromatic carbocycles. The molecule has 0 spiro atoms. The Kier molecular flexibility index (Phi) is 3.73. The molecule has 0 aromatic heterocycles. The molecule has 0 unspecified atom stereocenters. The monoisotopic (exact) mass is 192 g/mol.